The lowest BCUT2D eigenvalue weighted by Crippen LogP contribution is -2.00. The number of hydrogen-bond acceptors (Lipinski definition) is 2. The van der Waals surface area contributed by atoms with Gasteiger partial charge in [0.1, 0.15) is 5.82 Å². The lowest BCUT2D eigenvalue weighted by atomic mass is 10.2. The van der Waals surface area contributed by atoms with Crippen molar-refractivity contribution in [2.24, 2.45) is 0 Å². The molecule has 0 aliphatic carbocycles. The normalized spacial score (nSPS) is 11.7. The molecule has 1 aromatic carbocycles. The van der Waals surface area contributed by atoms with E-state index >= 15 is 0 Å². The van der Waals surface area contributed by atoms with Crippen molar-refractivity contribution < 1.29 is 21.6 Å². The molecule has 78 valence electrons. The monoisotopic (exact) mass is 244 g/mol. The lowest BCUT2D eigenvalue weighted by Gasteiger charge is -2.01. The van der Waals surface area contributed by atoms with Crippen LogP contribution in [0.2, 0.25) is 0 Å². The van der Waals surface area contributed by atoms with Gasteiger partial charge in [-0.2, -0.15) is 0 Å². The van der Waals surface area contributed by atoms with E-state index in [9.17, 15) is 21.6 Å². The maximum atomic E-state index is 12.8. The predicted octanol–water partition coefficient (Wildman–Crippen LogP) is 2.17. The molecule has 1 aromatic rings. The van der Waals surface area contributed by atoms with Crippen LogP contribution in [0.3, 0.4) is 0 Å². The predicted molar refractivity (Wildman–Crippen MR) is 44.8 cm³/mol. The van der Waals surface area contributed by atoms with E-state index in [4.69, 9.17) is 10.7 Å². The minimum absolute atomic E-state index is 0.271. The van der Waals surface area contributed by atoms with Gasteiger partial charge in [-0.15, -0.1) is 0 Å². The van der Waals surface area contributed by atoms with Crippen LogP contribution < -0.4 is 0 Å². The van der Waals surface area contributed by atoms with Crippen molar-refractivity contribution in [3.63, 3.8) is 0 Å². The first kappa shape index (κ1) is 11.3. The maximum absolute atomic E-state index is 12.8. The molecule has 0 spiro atoms. The summed E-state index contributed by atoms with van der Waals surface area (Å²) in [6, 6.07) is 0.733. The van der Waals surface area contributed by atoms with Gasteiger partial charge in [0.25, 0.3) is 0 Å². The summed E-state index contributed by atoms with van der Waals surface area (Å²) in [6.45, 7) is 0. The Morgan fingerprint density at radius 2 is 1.57 bits per heavy atom. The van der Waals surface area contributed by atoms with E-state index in [2.05, 4.69) is 0 Å². The highest BCUT2D eigenvalue weighted by molar-refractivity contribution is 8.13. The molecule has 0 unspecified atom stereocenters. The first-order chi connectivity index (χ1) is 6.29. The van der Waals surface area contributed by atoms with E-state index in [1.165, 1.54) is 0 Å². The largest absolute Gasteiger partial charge is 0.236 e. The minimum Gasteiger partial charge on any atom is -0.212 e. The smallest absolute Gasteiger partial charge is 0.212 e. The molecule has 0 aliphatic rings. The second-order valence-corrected chi connectivity index (χ2v) is 5.32. The van der Waals surface area contributed by atoms with Crippen LogP contribution in [0.4, 0.5) is 13.2 Å². The second kappa shape index (κ2) is 3.78. The van der Waals surface area contributed by atoms with Crippen LogP contribution in [0, 0.1) is 17.5 Å². The van der Waals surface area contributed by atoms with Gasteiger partial charge in [0.15, 0.2) is 11.6 Å². The molecular weight excluding hydrogens is 241 g/mol. The van der Waals surface area contributed by atoms with Crippen molar-refractivity contribution >= 4 is 19.7 Å². The summed E-state index contributed by atoms with van der Waals surface area (Å²) >= 11 is 0. The molecule has 0 bridgehead atoms. The molecule has 0 aromatic heterocycles. The third-order valence-corrected chi connectivity index (χ3v) is 2.40. The van der Waals surface area contributed by atoms with Crippen molar-refractivity contribution in [1.29, 1.82) is 0 Å². The van der Waals surface area contributed by atoms with Gasteiger partial charge in [-0.1, -0.05) is 0 Å². The molecule has 1 rings (SSSR count). The molecule has 0 saturated heterocycles. The fraction of sp³-hybridized carbons (Fsp3) is 0.143. The molecule has 0 heterocycles. The van der Waals surface area contributed by atoms with Gasteiger partial charge >= 0.3 is 0 Å². The lowest BCUT2D eigenvalue weighted by molar-refractivity contribution is 0.491. The molecule has 14 heavy (non-hydrogen) atoms. The van der Waals surface area contributed by atoms with Crippen LogP contribution >= 0.6 is 10.7 Å². The fourth-order valence-electron chi connectivity index (χ4n) is 0.860. The Kier molecular flexibility index (Phi) is 3.06. The third-order valence-electron chi connectivity index (χ3n) is 1.42. The van der Waals surface area contributed by atoms with Gasteiger partial charge in [0.05, 0.1) is 5.75 Å². The van der Waals surface area contributed by atoms with E-state index in [0.717, 1.165) is 0 Å². The highest BCUT2D eigenvalue weighted by atomic mass is 35.7. The first-order valence-electron chi connectivity index (χ1n) is 3.35. The van der Waals surface area contributed by atoms with Crippen molar-refractivity contribution in [3.8, 4) is 0 Å². The summed E-state index contributed by atoms with van der Waals surface area (Å²) in [5.74, 6) is -4.72. The van der Waals surface area contributed by atoms with Gasteiger partial charge in [-0.25, -0.2) is 21.6 Å². The van der Waals surface area contributed by atoms with Crippen molar-refractivity contribution in [2.75, 3.05) is 0 Å². The number of rotatable bonds is 2. The maximum Gasteiger partial charge on any atom is 0.236 e. The Morgan fingerprint density at radius 3 is 2.07 bits per heavy atom. The minimum atomic E-state index is -3.99. The summed E-state index contributed by atoms with van der Waals surface area (Å²) in [4.78, 5) is 0. The van der Waals surface area contributed by atoms with Crippen LogP contribution in [0.25, 0.3) is 0 Å². The van der Waals surface area contributed by atoms with Crippen LogP contribution in [0.15, 0.2) is 12.1 Å². The fourth-order valence-corrected chi connectivity index (χ4v) is 1.81. The number of benzene rings is 1. The van der Waals surface area contributed by atoms with Crippen molar-refractivity contribution in [1.82, 2.24) is 0 Å². The molecule has 7 heteroatoms. The second-order valence-electron chi connectivity index (χ2n) is 2.54. The zero-order valence-electron chi connectivity index (χ0n) is 6.60. The first-order valence-corrected chi connectivity index (χ1v) is 5.83. The molecule has 0 atom stereocenters. The molecule has 0 fully saturated rings. The highest BCUT2D eigenvalue weighted by Gasteiger charge is 2.15. The molecule has 0 radical (unpaired) electrons. The summed E-state index contributed by atoms with van der Waals surface area (Å²) < 4.78 is 58.8. The summed E-state index contributed by atoms with van der Waals surface area (Å²) in [6.07, 6.45) is 0. The molecule has 0 saturated carbocycles. The van der Waals surface area contributed by atoms with Gasteiger partial charge in [-0.05, 0) is 6.07 Å². The van der Waals surface area contributed by atoms with Crippen LogP contribution in [-0.2, 0) is 14.8 Å². The molecule has 2 nitrogen and oxygen atoms in total. The Labute approximate surface area is 82.7 Å². The van der Waals surface area contributed by atoms with E-state index in [1.807, 2.05) is 0 Å². The Hall–Kier alpha value is -0.750. The van der Waals surface area contributed by atoms with E-state index in [0.29, 0.717) is 6.07 Å². The van der Waals surface area contributed by atoms with Crippen molar-refractivity contribution in [3.05, 3.63) is 35.1 Å². The molecule has 0 amide bonds. The van der Waals surface area contributed by atoms with Gasteiger partial charge in [-0.3, -0.25) is 0 Å². The van der Waals surface area contributed by atoms with Gasteiger partial charge in [0, 0.05) is 22.3 Å². The Balaban J connectivity index is 3.17. The zero-order chi connectivity index (χ0) is 10.9. The number of hydrogen-bond donors (Lipinski definition) is 0. The van der Waals surface area contributed by atoms with Gasteiger partial charge < -0.3 is 0 Å². The Morgan fingerprint density at radius 1 is 1.07 bits per heavy atom. The van der Waals surface area contributed by atoms with Crippen molar-refractivity contribution in [2.45, 2.75) is 5.75 Å². The summed E-state index contributed by atoms with van der Waals surface area (Å²) in [5, 5.41) is 0. The van der Waals surface area contributed by atoms with Gasteiger partial charge in [0.2, 0.25) is 9.05 Å². The number of halogens is 4. The SMILES string of the molecule is O=S(=O)(Cl)Cc1cc(F)c(F)cc1F. The highest BCUT2D eigenvalue weighted by Crippen LogP contribution is 2.17. The summed E-state index contributed by atoms with van der Waals surface area (Å²) in [7, 11) is 0.835. The molecular formula is C7H4ClF3O2S. The average Bonchev–Trinajstić information content (AvgIpc) is 1.97. The standard InChI is InChI=1S/C7H4ClF3O2S/c8-14(12,13)3-4-1-6(10)7(11)2-5(4)9/h1-2H,3H2. The van der Waals surface area contributed by atoms with E-state index in [1.54, 1.807) is 0 Å². The van der Waals surface area contributed by atoms with Crippen LogP contribution in [0.5, 0.6) is 0 Å². The molecule has 0 aliphatic heterocycles. The van der Waals surface area contributed by atoms with Crippen LogP contribution in [-0.4, -0.2) is 8.42 Å². The summed E-state index contributed by atoms with van der Waals surface area (Å²) in [5.41, 5.74) is -0.501. The van der Waals surface area contributed by atoms with E-state index < -0.39 is 37.8 Å². The zero-order valence-corrected chi connectivity index (χ0v) is 8.17. The third kappa shape index (κ3) is 2.88. The topological polar surface area (TPSA) is 34.1 Å². The quantitative estimate of drug-likeness (QED) is 0.590. The molecule has 0 N–H and O–H groups in total. The Bertz CT molecular complexity index is 458. The van der Waals surface area contributed by atoms with Crippen LogP contribution in [0.1, 0.15) is 5.56 Å². The average molecular weight is 245 g/mol. The van der Waals surface area contributed by atoms with E-state index in [-0.39, 0.29) is 6.07 Å².